The second-order valence-electron chi connectivity index (χ2n) is 2.08. The maximum atomic E-state index is 3.35. The molecule has 0 aromatic carbocycles. The van der Waals surface area contributed by atoms with Crippen molar-refractivity contribution in [2.75, 3.05) is 12.5 Å². The summed E-state index contributed by atoms with van der Waals surface area (Å²) in [5.74, 6) is 0. The lowest BCUT2D eigenvalue weighted by Gasteiger charge is -2.09. The van der Waals surface area contributed by atoms with Gasteiger partial charge in [-0.2, -0.15) is 0 Å². The number of thioether (sulfide) groups is 2. The fraction of sp³-hybridized carbons (Fsp3) is 0.667. The topological polar surface area (TPSA) is 24.1 Å². The first-order chi connectivity index (χ1) is 5.27. The second kappa shape index (κ2) is 4.54. The molecule has 2 nitrogen and oxygen atoms in total. The Bertz CT molecular complexity index is 169. The summed E-state index contributed by atoms with van der Waals surface area (Å²) in [4.78, 5) is 0. The van der Waals surface area contributed by atoms with Gasteiger partial charge in [0.1, 0.15) is 5.50 Å². The lowest BCUT2D eigenvalue weighted by atomic mass is 10.6. The predicted octanol–water partition coefficient (Wildman–Crippen LogP) is 2.03. The molecular formula is C6H12N2S3. The molecule has 1 atom stereocenters. The first kappa shape index (κ1) is 9.64. The van der Waals surface area contributed by atoms with Gasteiger partial charge in [-0.25, -0.2) is 4.72 Å². The largest absolute Gasteiger partial charge is 0.363 e. The number of hydrogen-bond acceptors (Lipinski definition) is 5. The Morgan fingerprint density at radius 1 is 1.55 bits per heavy atom. The van der Waals surface area contributed by atoms with Gasteiger partial charge >= 0.3 is 0 Å². The van der Waals surface area contributed by atoms with Crippen LogP contribution in [0.3, 0.4) is 0 Å². The van der Waals surface area contributed by atoms with Crippen molar-refractivity contribution in [2.45, 2.75) is 12.4 Å². The zero-order chi connectivity index (χ0) is 8.27. The van der Waals surface area contributed by atoms with Crippen molar-refractivity contribution in [1.82, 2.24) is 10.0 Å². The van der Waals surface area contributed by atoms with Gasteiger partial charge in [0.05, 0.1) is 4.24 Å². The number of rotatable bonds is 3. The predicted molar refractivity (Wildman–Crippen MR) is 57.4 cm³/mol. The van der Waals surface area contributed by atoms with E-state index in [4.69, 9.17) is 0 Å². The highest BCUT2D eigenvalue weighted by molar-refractivity contribution is 8.22. The number of hydrogen-bond donors (Lipinski definition) is 2. The molecule has 0 spiro atoms. The fourth-order valence-electron chi connectivity index (χ4n) is 0.842. The molecule has 5 heteroatoms. The highest BCUT2D eigenvalue weighted by Gasteiger charge is 2.19. The van der Waals surface area contributed by atoms with E-state index in [1.54, 1.807) is 23.7 Å². The summed E-state index contributed by atoms with van der Waals surface area (Å²) in [6.07, 6.45) is 4.14. The van der Waals surface area contributed by atoms with E-state index < -0.39 is 0 Å². The van der Waals surface area contributed by atoms with Gasteiger partial charge in [0.25, 0.3) is 0 Å². The average Bonchev–Trinajstić information content (AvgIpc) is 2.32. The van der Waals surface area contributed by atoms with Crippen molar-refractivity contribution in [3.05, 3.63) is 9.93 Å². The van der Waals surface area contributed by atoms with Crippen LogP contribution in [0.4, 0.5) is 0 Å². The Morgan fingerprint density at radius 3 is 2.73 bits per heavy atom. The third kappa shape index (κ3) is 2.50. The molecule has 0 amide bonds. The Balaban J connectivity index is 2.40. The molecule has 1 unspecified atom stereocenters. The van der Waals surface area contributed by atoms with Gasteiger partial charge < -0.3 is 5.32 Å². The molecule has 2 N–H and O–H groups in total. The van der Waals surface area contributed by atoms with Crippen molar-refractivity contribution in [2.24, 2.45) is 0 Å². The van der Waals surface area contributed by atoms with Crippen LogP contribution < -0.4 is 10.0 Å². The van der Waals surface area contributed by atoms with E-state index in [1.165, 1.54) is 9.93 Å². The second-order valence-corrected chi connectivity index (χ2v) is 4.92. The fourth-order valence-corrected chi connectivity index (χ4v) is 3.32. The molecule has 11 heavy (non-hydrogen) atoms. The molecule has 0 aliphatic carbocycles. The van der Waals surface area contributed by atoms with Crippen LogP contribution in [0.2, 0.25) is 0 Å². The van der Waals surface area contributed by atoms with Crippen LogP contribution in [0.25, 0.3) is 0 Å². The standard InChI is InChI=1S/C6H12N2S3/c1-4-5(9-2)11-6(7-4)8-10-3/h6-8H,1-3H3. The van der Waals surface area contributed by atoms with Crippen LogP contribution in [0.1, 0.15) is 6.92 Å². The third-order valence-corrected chi connectivity index (χ3v) is 4.37. The van der Waals surface area contributed by atoms with Crippen molar-refractivity contribution in [1.29, 1.82) is 0 Å². The zero-order valence-electron chi connectivity index (χ0n) is 6.80. The molecule has 0 radical (unpaired) electrons. The van der Waals surface area contributed by atoms with Crippen molar-refractivity contribution in [3.8, 4) is 0 Å². The Labute approximate surface area is 80.5 Å². The van der Waals surface area contributed by atoms with E-state index in [-0.39, 0.29) is 0 Å². The molecular weight excluding hydrogens is 196 g/mol. The van der Waals surface area contributed by atoms with Crippen LogP contribution in [0, 0.1) is 0 Å². The Hall–Kier alpha value is 0.550. The van der Waals surface area contributed by atoms with Crippen LogP contribution in [0.5, 0.6) is 0 Å². The summed E-state index contributed by atoms with van der Waals surface area (Å²) in [7, 11) is 0. The van der Waals surface area contributed by atoms with E-state index in [2.05, 4.69) is 23.2 Å². The van der Waals surface area contributed by atoms with Gasteiger partial charge in [-0.05, 0) is 19.4 Å². The summed E-state index contributed by atoms with van der Waals surface area (Å²) < 4.78 is 4.64. The maximum Gasteiger partial charge on any atom is 0.139 e. The first-order valence-corrected chi connectivity index (χ1v) is 6.57. The molecule has 0 aromatic heterocycles. The number of allylic oxidation sites excluding steroid dienone is 1. The monoisotopic (exact) mass is 208 g/mol. The van der Waals surface area contributed by atoms with Gasteiger partial charge in [0, 0.05) is 5.70 Å². The molecule has 1 aliphatic heterocycles. The quantitative estimate of drug-likeness (QED) is 0.691. The zero-order valence-corrected chi connectivity index (χ0v) is 9.25. The van der Waals surface area contributed by atoms with Crippen LogP contribution in [0.15, 0.2) is 9.93 Å². The van der Waals surface area contributed by atoms with Gasteiger partial charge in [-0.1, -0.05) is 23.7 Å². The Morgan fingerprint density at radius 2 is 2.27 bits per heavy atom. The molecule has 1 rings (SSSR count). The van der Waals surface area contributed by atoms with Crippen molar-refractivity contribution < 1.29 is 0 Å². The van der Waals surface area contributed by atoms with Crippen molar-refractivity contribution >= 4 is 35.5 Å². The minimum atomic E-state index is 0.354. The molecule has 0 saturated heterocycles. The first-order valence-electron chi connectivity index (χ1n) is 3.24. The summed E-state index contributed by atoms with van der Waals surface area (Å²) >= 11 is 5.29. The molecule has 0 bridgehead atoms. The van der Waals surface area contributed by atoms with E-state index in [0.29, 0.717) is 5.50 Å². The van der Waals surface area contributed by atoms with E-state index in [0.717, 1.165) is 0 Å². The number of nitrogens with one attached hydrogen (secondary N) is 2. The molecule has 0 aromatic rings. The normalized spacial score (nSPS) is 24.1. The molecule has 0 fully saturated rings. The van der Waals surface area contributed by atoms with Crippen LogP contribution >= 0.6 is 35.5 Å². The summed E-state index contributed by atoms with van der Waals surface area (Å²) in [6, 6.07) is 0. The summed E-state index contributed by atoms with van der Waals surface area (Å²) in [5, 5.41) is 3.35. The lowest BCUT2D eigenvalue weighted by Crippen LogP contribution is -2.30. The van der Waals surface area contributed by atoms with Crippen molar-refractivity contribution in [3.63, 3.8) is 0 Å². The average molecular weight is 208 g/mol. The lowest BCUT2D eigenvalue weighted by molar-refractivity contribution is 0.749. The van der Waals surface area contributed by atoms with Crippen LogP contribution in [-0.4, -0.2) is 18.0 Å². The minimum absolute atomic E-state index is 0.354. The molecule has 0 saturated carbocycles. The molecule has 1 aliphatic rings. The SMILES string of the molecule is CSNC1NC(C)=C(SC)S1. The highest BCUT2D eigenvalue weighted by Crippen LogP contribution is 2.36. The summed E-state index contributed by atoms with van der Waals surface area (Å²) in [5.41, 5.74) is 1.64. The van der Waals surface area contributed by atoms with E-state index >= 15 is 0 Å². The van der Waals surface area contributed by atoms with E-state index in [9.17, 15) is 0 Å². The minimum Gasteiger partial charge on any atom is -0.363 e. The van der Waals surface area contributed by atoms with Gasteiger partial charge in [-0.3, -0.25) is 0 Å². The maximum absolute atomic E-state index is 3.35. The van der Waals surface area contributed by atoms with Crippen LogP contribution in [-0.2, 0) is 0 Å². The molecule has 64 valence electrons. The van der Waals surface area contributed by atoms with E-state index in [1.807, 2.05) is 18.0 Å². The van der Waals surface area contributed by atoms with Gasteiger partial charge in [-0.15, -0.1) is 11.8 Å². The third-order valence-electron chi connectivity index (χ3n) is 1.29. The smallest absolute Gasteiger partial charge is 0.139 e. The Kier molecular flexibility index (Phi) is 3.98. The summed E-state index contributed by atoms with van der Waals surface area (Å²) in [6.45, 7) is 2.11. The van der Waals surface area contributed by atoms with Gasteiger partial charge in [0.15, 0.2) is 0 Å². The van der Waals surface area contributed by atoms with Gasteiger partial charge in [0.2, 0.25) is 0 Å². The molecule has 1 heterocycles. The highest BCUT2D eigenvalue weighted by atomic mass is 32.2.